The molecule has 4 nitrogen and oxygen atoms in total. The van der Waals surface area contributed by atoms with Gasteiger partial charge in [-0.25, -0.2) is 0 Å². The lowest BCUT2D eigenvalue weighted by Crippen LogP contribution is -2.34. The van der Waals surface area contributed by atoms with E-state index in [1.807, 2.05) is 0 Å². The molecule has 45 heavy (non-hydrogen) atoms. The van der Waals surface area contributed by atoms with Crippen LogP contribution in [0.15, 0.2) is 156 Å². The number of para-hydroxylation sites is 1. The van der Waals surface area contributed by atoms with Crippen LogP contribution in [-0.2, 0) is 6.54 Å². The Kier molecular flexibility index (Phi) is 11.7. The summed E-state index contributed by atoms with van der Waals surface area (Å²) in [5.41, 5.74) is 4.18. The topological polar surface area (TPSA) is 48.8 Å². The third kappa shape index (κ3) is 8.98. The van der Waals surface area contributed by atoms with Gasteiger partial charge in [0.2, 0.25) is 0 Å². The van der Waals surface area contributed by atoms with E-state index in [4.69, 9.17) is 9.98 Å². The normalized spacial score (nSPS) is 12.3. The molecule has 0 heterocycles. The van der Waals surface area contributed by atoms with Crippen LogP contribution in [0.5, 0.6) is 0 Å². The molecule has 0 radical (unpaired) electrons. The zero-order valence-electron chi connectivity index (χ0n) is 26.5. The van der Waals surface area contributed by atoms with Gasteiger partial charge in [-0.2, -0.15) is 0 Å². The second kappa shape index (κ2) is 16.3. The van der Waals surface area contributed by atoms with Crippen molar-refractivity contribution < 1.29 is 0 Å². The van der Waals surface area contributed by atoms with Crippen molar-refractivity contribution >= 4 is 53.9 Å². The molecule has 0 amide bonds. The zero-order chi connectivity index (χ0) is 31.4. The molecule has 0 unspecified atom stereocenters. The van der Waals surface area contributed by atoms with Crippen LogP contribution < -0.4 is 31.9 Å². The molecule has 0 aliphatic carbocycles. The van der Waals surface area contributed by atoms with Gasteiger partial charge >= 0.3 is 0 Å². The Morgan fingerprint density at radius 1 is 0.533 bits per heavy atom. The van der Waals surface area contributed by atoms with Crippen LogP contribution >= 0.6 is 15.8 Å². The molecule has 2 N–H and O–H groups in total. The summed E-state index contributed by atoms with van der Waals surface area (Å²) in [4.78, 5) is 10.5. The monoisotopic (exact) mass is 628 g/mol. The summed E-state index contributed by atoms with van der Waals surface area (Å²) in [6, 6.07) is 51.9. The number of hydrogen-bond donors (Lipinski definition) is 2. The lowest BCUT2D eigenvalue weighted by Gasteiger charge is -2.25. The van der Waals surface area contributed by atoms with Gasteiger partial charge < -0.3 is 10.6 Å². The summed E-state index contributed by atoms with van der Waals surface area (Å²) in [6.45, 7) is 9.18. The fourth-order valence-corrected chi connectivity index (χ4v) is 9.62. The van der Waals surface area contributed by atoms with E-state index < -0.39 is 15.8 Å². The molecule has 0 aromatic heterocycles. The first kappa shape index (κ1) is 32.3. The molecule has 0 aliphatic heterocycles. The minimum Gasteiger partial charge on any atom is -0.367 e. The Bertz CT molecular complexity index is 1590. The molecule has 6 heteroatoms. The van der Waals surface area contributed by atoms with Gasteiger partial charge in [0.25, 0.3) is 0 Å². The van der Waals surface area contributed by atoms with Gasteiger partial charge in [-0.3, -0.25) is 9.98 Å². The van der Waals surface area contributed by atoms with Crippen molar-refractivity contribution in [3.8, 4) is 0 Å². The highest BCUT2D eigenvalue weighted by Gasteiger charge is 2.23. The fraction of sp³-hybridized carbons (Fsp3) is 0.179. The number of benzene rings is 5. The van der Waals surface area contributed by atoms with Crippen molar-refractivity contribution in [2.24, 2.45) is 9.98 Å². The van der Waals surface area contributed by atoms with Crippen LogP contribution in [0.25, 0.3) is 0 Å². The molecule has 0 bridgehead atoms. The summed E-state index contributed by atoms with van der Waals surface area (Å²) in [6.07, 6.45) is 0. The molecular formula is C39H42N4P2. The van der Waals surface area contributed by atoms with Crippen LogP contribution in [0, 0.1) is 0 Å². The molecule has 5 aromatic rings. The number of aliphatic imine (C=N–C) groups is 2. The van der Waals surface area contributed by atoms with E-state index in [2.05, 4.69) is 184 Å². The van der Waals surface area contributed by atoms with Crippen LogP contribution in [0.4, 0.5) is 5.69 Å². The molecule has 5 aromatic carbocycles. The number of hydrogen-bond acceptors (Lipinski definition) is 2. The second-order valence-electron chi connectivity index (χ2n) is 11.3. The maximum atomic E-state index is 5.34. The van der Waals surface area contributed by atoms with E-state index in [1.54, 1.807) is 0 Å². The van der Waals surface area contributed by atoms with Crippen molar-refractivity contribution in [3.05, 3.63) is 151 Å². The first-order valence-corrected chi connectivity index (χ1v) is 18.2. The van der Waals surface area contributed by atoms with Crippen molar-refractivity contribution in [3.63, 3.8) is 0 Å². The molecule has 0 fully saturated rings. The summed E-state index contributed by atoms with van der Waals surface area (Å²) in [5.74, 6) is 0. The van der Waals surface area contributed by atoms with E-state index in [0.717, 1.165) is 22.4 Å². The van der Waals surface area contributed by atoms with E-state index >= 15 is 0 Å². The van der Waals surface area contributed by atoms with Crippen molar-refractivity contribution in [1.82, 2.24) is 5.32 Å². The summed E-state index contributed by atoms with van der Waals surface area (Å²) >= 11 is 0. The highest BCUT2D eigenvalue weighted by molar-refractivity contribution is 7.88. The van der Waals surface area contributed by atoms with Gasteiger partial charge in [-0.05, 0) is 60.5 Å². The predicted octanol–water partition coefficient (Wildman–Crippen LogP) is 7.98. The van der Waals surface area contributed by atoms with Gasteiger partial charge in [0.05, 0.1) is 6.54 Å². The maximum absolute atomic E-state index is 5.34. The second-order valence-corrected chi connectivity index (χ2v) is 15.5. The SMILES string of the molecule is CC(C)N=C(Nc1ccccc1CN=C(NC(C)C)P(c1ccccc1)c1ccccc1)P(c1ccccc1)c1ccccc1. The predicted molar refractivity (Wildman–Crippen MR) is 200 cm³/mol. The van der Waals surface area contributed by atoms with Gasteiger partial charge in [-0.15, -0.1) is 0 Å². The highest BCUT2D eigenvalue weighted by atomic mass is 31.1. The summed E-state index contributed by atoms with van der Waals surface area (Å²) in [7, 11) is -1.75. The first-order chi connectivity index (χ1) is 22.0. The minimum atomic E-state index is -0.893. The minimum absolute atomic E-state index is 0.136. The Balaban J connectivity index is 1.54. The smallest absolute Gasteiger partial charge is 0.133 e. The fourth-order valence-electron chi connectivity index (χ4n) is 4.99. The molecule has 0 saturated heterocycles. The number of rotatable bonds is 11. The Morgan fingerprint density at radius 2 is 0.933 bits per heavy atom. The van der Waals surface area contributed by atoms with Gasteiger partial charge in [0.1, 0.15) is 11.2 Å². The summed E-state index contributed by atoms with van der Waals surface area (Å²) < 4.78 is 0. The number of nitrogens with one attached hydrogen (secondary N) is 2. The Hall–Kier alpha value is -4.10. The zero-order valence-corrected chi connectivity index (χ0v) is 28.3. The molecule has 0 aliphatic rings. The third-order valence-electron chi connectivity index (χ3n) is 6.94. The third-order valence-corrected chi connectivity index (χ3v) is 11.5. The van der Waals surface area contributed by atoms with Crippen LogP contribution in [0.3, 0.4) is 0 Å². The number of nitrogens with zero attached hydrogens (tertiary/aromatic N) is 2. The van der Waals surface area contributed by atoms with E-state index in [-0.39, 0.29) is 12.1 Å². The van der Waals surface area contributed by atoms with Crippen LogP contribution in [0.2, 0.25) is 0 Å². The van der Waals surface area contributed by atoms with E-state index in [0.29, 0.717) is 6.54 Å². The van der Waals surface area contributed by atoms with E-state index in [1.165, 1.54) is 21.2 Å². The van der Waals surface area contributed by atoms with Gasteiger partial charge in [0.15, 0.2) is 0 Å². The standard InChI is InChI=1S/C39H42N4P2/c1-30(2)41-38(44(33-20-9-5-10-21-33)34-22-11-6-12-23-34)40-29-32-19-17-18-28-37(32)43-39(42-31(3)4)45(35-24-13-7-14-25-35)36-26-15-8-16-27-36/h5-28,30-31H,29H2,1-4H3,(H,40,41)(H,42,43). The lowest BCUT2D eigenvalue weighted by atomic mass is 10.2. The summed E-state index contributed by atoms with van der Waals surface area (Å²) in [5, 5.41) is 12.6. The van der Waals surface area contributed by atoms with Crippen molar-refractivity contribution in [1.29, 1.82) is 0 Å². The average Bonchev–Trinajstić information content (AvgIpc) is 3.06. The van der Waals surface area contributed by atoms with E-state index in [9.17, 15) is 0 Å². The lowest BCUT2D eigenvalue weighted by molar-refractivity contribution is 0.736. The first-order valence-electron chi connectivity index (χ1n) is 15.5. The van der Waals surface area contributed by atoms with Gasteiger partial charge in [-0.1, -0.05) is 140 Å². The largest absolute Gasteiger partial charge is 0.367 e. The molecular weight excluding hydrogens is 586 g/mol. The highest BCUT2D eigenvalue weighted by Crippen LogP contribution is 2.38. The molecule has 228 valence electrons. The Morgan fingerprint density at radius 3 is 1.36 bits per heavy atom. The van der Waals surface area contributed by atoms with Gasteiger partial charge in [0, 0.05) is 33.6 Å². The molecule has 0 spiro atoms. The number of amidine groups is 2. The molecule has 0 atom stereocenters. The van der Waals surface area contributed by atoms with Crippen molar-refractivity contribution in [2.45, 2.75) is 46.3 Å². The maximum Gasteiger partial charge on any atom is 0.133 e. The van der Waals surface area contributed by atoms with Crippen molar-refractivity contribution in [2.75, 3.05) is 5.32 Å². The Labute approximate surface area is 271 Å². The average molecular weight is 629 g/mol. The van der Waals surface area contributed by atoms with Crippen LogP contribution in [-0.4, -0.2) is 23.2 Å². The number of anilines is 1. The molecule has 0 saturated carbocycles. The quantitative estimate of drug-likeness (QED) is 0.0886. The molecule has 5 rings (SSSR count). The van der Waals surface area contributed by atoms with Crippen LogP contribution in [0.1, 0.15) is 33.3 Å².